The number of nitrogens with one attached hydrogen (secondary N) is 2. The lowest BCUT2D eigenvalue weighted by molar-refractivity contribution is 0.577. The minimum absolute atomic E-state index is 0.0338. The van der Waals surface area contributed by atoms with Crippen LogP contribution in [0.5, 0.6) is 0 Å². The highest BCUT2D eigenvalue weighted by Gasteiger charge is 2.16. The summed E-state index contributed by atoms with van der Waals surface area (Å²) in [5.41, 5.74) is 0.681. The third-order valence-corrected chi connectivity index (χ3v) is 3.92. The lowest BCUT2D eigenvalue weighted by Crippen LogP contribution is -2.23. The molecule has 0 aliphatic heterocycles. The summed E-state index contributed by atoms with van der Waals surface area (Å²) in [7, 11) is -3.62. The normalized spacial score (nSPS) is 11.7. The molecule has 0 bridgehead atoms. The molecule has 0 saturated carbocycles. The summed E-state index contributed by atoms with van der Waals surface area (Å²) in [4.78, 5) is 6.67. The first kappa shape index (κ1) is 13.7. The summed E-state index contributed by atoms with van der Waals surface area (Å²) < 4.78 is 39.0. The number of imidazole rings is 1. The van der Waals surface area contributed by atoms with E-state index in [1.54, 1.807) is 0 Å². The van der Waals surface area contributed by atoms with E-state index in [9.17, 15) is 12.8 Å². The van der Waals surface area contributed by atoms with Crippen LogP contribution in [-0.4, -0.2) is 18.4 Å². The van der Waals surface area contributed by atoms with Gasteiger partial charge in [0.2, 0.25) is 0 Å². The first-order chi connectivity index (χ1) is 9.01. The predicted molar refractivity (Wildman–Crippen MR) is 68.4 cm³/mol. The van der Waals surface area contributed by atoms with Crippen LogP contribution < -0.4 is 4.72 Å². The van der Waals surface area contributed by atoms with Crippen molar-refractivity contribution in [2.75, 3.05) is 0 Å². The van der Waals surface area contributed by atoms with Gasteiger partial charge in [0.25, 0.3) is 10.0 Å². The Labute approximate surface area is 110 Å². The van der Waals surface area contributed by atoms with Crippen molar-refractivity contribution in [1.29, 1.82) is 0 Å². The number of nitrogens with zero attached hydrogens (tertiary/aromatic N) is 1. The first-order valence-corrected chi connectivity index (χ1v) is 7.27. The van der Waals surface area contributed by atoms with E-state index in [0.717, 1.165) is 0 Å². The number of aromatic nitrogens is 2. The molecule has 2 N–H and O–H groups in total. The average molecular weight is 283 g/mol. The molecule has 7 heteroatoms. The summed E-state index contributed by atoms with van der Waals surface area (Å²) in [6.07, 6.45) is 1.92. The molecule has 2 aromatic rings. The highest BCUT2D eigenvalue weighted by atomic mass is 32.2. The van der Waals surface area contributed by atoms with Gasteiger partial charge in [0.05, 0.1) is 6.20 Å². The van der Waals surface area contributed by atoms with Crippen LogP contribution in [0.2, 0.25) is 0 Å². The zero-order chi connectivity index (χ0) is 13.9. The number of benzene rings is 1. The molecule has 0 fully saturated rings. The SMILES string of the molecule is CCc1ncc(S(=O)(=O)NCc2ccc(F)cc2)[nH]1. The zero-order valence-electron chi connectivity index (χ0n) is 10.4. The fourth-order valence-corrected chi connectivity index (χ4v) is 2.47. The van der Waals surface area contributed by atoms with Crippen LogP contribution in [0.15, 0.2) is 35.5 Å². The number of halogens is 1. The Kier molecular flexibility index (Phi) is 3.96. The highest BCUT2D eigenvalue weighted by molar-refractivity contribution is 7.89. The van der Waals surface area contributed by atoms with Crippen molar-refractivity contribution in [2.24, 2.45) is 0 Å². The van der Waals surface area contributed by atoms with Crippen LogP contribution in [0.25, 0.3) is 0 Å². The maximum absolute atomic E-state index is 12.7. The summed E-state index contributed by atoms with van der Waals surface area (Å²) in [6.45, 7) is 1.98. The van der Waals surface area contributed by atoms with Gasteiger partial charge in [0.1, 0.15) is 11.6 Å². The molecule has 102 valence electrons. The van der Waals surface area contributed by atoms with E-state index in [0.29, 0.717) is 17.8 Å². The Bertz CT molecular complexity index is 650. The maximum Gasteiger partial charge on any atom is 0.257 e. The lowest BCUT2D eigenvalue weighted by atomic mass is 10.2. The number of aryl methyl sites for hydroxylation is 1. The summed E-state index contributed by atoms with van der Waals surface area (Å²) in [5, 5.41) is 0.0338. The second-order valence-corrected chi connectivity index (χ2v) is 5.73. The van der Waals surface area contributed by atoms with Gasteiger partial charge in [-0.15, -0.1) is 0 Å². The van der Waals surface area contributed by atoms with Gasteiger partial charge in [0, 0.05) is 13.0 Å². The van der Waals surface area contributed by atoms with Crippen molar-refractivity contribution in [1.82, 2.24) is 14.7 Å². The highest BCUT2D eigenvalue weighted by Crippen LogP contribution is 2.08. The van der Waals surface area contributed by atoms with E-state index in [2.05, 4.69) is 14.7 Å². The molecular formula is C12H14FN3O2S. The summed E-state index contributed by atoms with van der Waals surface area (Å²) in [6, 6.07) is 5.63. The van der Waals surface area contributed by atoms with Gasteiger partial charge >= 0.3 is 0 Å². The number of hydrogen-bond donors (Lipinski definition) is 2. The Balaban J connectivity index is 2.07. The molecule has 1 aromatic carbocycles. The van der Waals surface area contributed by atoms with Gasteiger partial charge in [-0.2, -0.15) is 0 Å². The van der Waals surface area contributed by atoms with E-state index < -0.39 is 10.0 Å². The number of H-pyrrole nitrogens is 1. The molecule has 1 aromatic heterocycles. The number of sulfonamides is 1. The third-order valence-electron chi connectivity index (χ3n) is 2.61. The summed E-state index contributed by atoms with van der Waals surface area (Å²) >= 11 is 0. The van der Waals surface area contributed by atoms with Gasteiger partial charge in [-0.05, 0) is 17.7 Å². The van der Waals surface area contributed by atoms with Gasteiger partial charge in [0.15, 0.2) is 5.03 Å². The van der Waals surface area contributed by atoms with Crippen molar-refractivity contribution >= 4 is 10.0 Å². The van der Waals surface area contributed by atoms with Gasteiger partial charge < -0.3 is 4.98 Å². The quantitative estimate of drug-likeness (QED) is 0.875. The number of hydrogen-bond acceptors (Lipinski definition) is 3. The van der Waals surface area contributed by atoms with E-state index in [4.69, 9.17) is 0 Å². The monoisotopic (exact) mass is 283 g/mol. The zero-order valence-corrected chi connectivity index (χ0v) is 11.2. The van der Waals surface area contributed by atoms with E-state index in [1.807, 2.05) is 6.92 Å². The van der Waals surface area contributed by atoms with Crippen LogP contribution in [0, 0.1) is 5.82 Å². The van der Waals surface area contributed by atoms with Crippen LogP contribution in [0.3, 0.4) is 0 Å². The molecule has 0 amide bonds. The largest absolute Gasteiger partial charge is 0.332 e. The molecule has 0 aliphatic carbocycles. The molecule has 0 spiro atoms. The molecule has 0 aliphatic rings. The minimum Gasteiger partial charge on any atom is -0.332 e. The fourth-order valence-electron chi connectivity index (χ4n) is 1.52. The Morgan fingerprint density at radius 3 is 2.58 bits per heavy atom. The van der Waals surface area contributed by atoms with Gasteiger partial charge in [-0.1, -0.05) is 19.1 Å². The third kappa shape index (κ3) is 3.39. The van der Waals surface area contributed by atoms with Crippen LogP contribution in [0.1, 0.15) is 18.3 Å². The van der Waals surface area contributed by atoms with Gasteiger partial charge in [-0.3, -0.25) is 0 Å². The Hall–Kier alpha value is -1.73. The standard InChI is InChI=1S/C12H14FN3O2S/c1-2-11-14-8-12(16-11)19(17,18)15-7-9-3-5-10(13)6-4-9/h3-6,8,15H,2,7H2,1H3,(H,14,16). The molecular weight excluding hydrogens is 269 g/mol. The van der Waals surface area contributed by atoms with Crippen molar-refractivity contribution in [2.45, 2.75) is 24.9 Å². The number of aromatic amines is 1. The van der Waals surface area contributed by atoms with Crippen LogP contribution in [-0.2, 0) is 23.0 Å². The smallest absolute Gasteiger partial charge is 0.257 e. The molecule has 1 heterocycles. The Morgan fingerprint density at radius 1 is 1.32 bits per heavy atom. The van der Waals surface area contributed by atoms with Gasteiger partial charge in [-0.25, -0.2) is 22.5 Å². The molecule has 0 saturated heterocycles. The first-order valence-electron chi connectivity index (χ1n) is 5.79. The maximum atomic E-state index is 12.7. The summed E-state index contributed by atoms with van der Waals surface area (Å²) in [5.74, 6) is 0.259. The molecule has 5 nitrogen and oxygen atoms in total. The second-order valence-electron chi connectivity index (χ2n) is 4.00. The van der Waals surface area contributed by atoms with Crippen molar-refractivity contribution in [3.63, 3.8) is 0 Å². The van der Waals surface area contributed by atoms with Crippen molar-refractivity contribution < 1.29 is 12.8 Å². The molecule has 0 unspecified atom stereocenters. The van der Waals surface area contributed by atoms with Crippen molar-refractivity contribution in [3.05, 3.63) is 47.7 Å². The molecule has 0 atom stereocenters. The van der Waals surface area contributed by atoms with E-state index in [1.165, 1.54) is 30.5 Å². The minimum atomic E-state index is -3.62. The van der Waals surface area contributed by atoms with Crippen LogP contribution >= 0.6 is 0 Å². The lowest BCUT2D eigenvalue weighted by Gasteiger charge is -2.04. The fraction of sp³-hybridized carbons (Fsp3) is 0.250. The molecule has 19 heavy (non-hydrogen) atoms. The van der Waals surface area contributed by atoms with E-state index in [-0.39, 0.29) is 17.4 Å². The van der Waals surface area contributed by atoms with E-state index >= 15 is 0 Å². The molecule has 2 rings (SSSR count). The number of rotatable bonds is 5. The second kappa shape index (κ2) is 5.50. The topological polar surface area (TPSA) is 74.8 Å². The van der Waals surface area contributed by atoms with Crippen molar-refractivity contribution in [3.8, 4) is 0 Å². The average Bonchev–Trinajstić information content (AvgIpc) is 2.88. The molecule has 0 radical (unpaired) electrons. The van der Waals surface area contributed by atoms with Crippen LogP contribution in [0.4, 0.5) is 4.39 Å². The Morgan fingerprint density at radius 2 is 2.00 bits per heavy atom. The predicted octanol–water partition coefficient (Wildman–Crippen LogP) is 1.59.